The first-order chi connectivity index (χ1) is 13.7. The Bertz CT molecular complexity index is 924. The van der Waals surface area contributed by atoms with Gasteiger partial charge in [0.2, 0.25) is 5.66 Å². The number of aryl methyl sites for hydroxylation is 2. The second-order valence-electron chi connectivity index (χ2n) is 7.72. The van der Waals surface area contributed by atoms with Crippen LogP contribution in [0.5, 0.6) is 0 Å². The molecule has 1 unspecified atom stereocenters. The van der Waals surface area contributed by atoms with Crippen LogP contribution in [-0.4, -0.2) is 17.4 Å². The van der Waals surface area contributed by atoms with Gasteiger partial charge in [0.15, 0.2) is 0 Å². The maximum Gasteiger partial charge on any atom is 0.442 e. The molecular formula is C21H21F3N4O. The summed E-state index contributed by atoms with van der Waals surface area (Å²) in [5.74, 6) is 0. The molecule has 0 aromatic heterocycles. The van der Waals surface area contributed by atoms with Gasteiger partial charge in [-0.25, -0.2) is 0 Å². The van der Waals surface area contributed by atoms with E-state index in [0.29, 0.717) is 19.3 Å². The molecule has 0 amide bonds. The maximum atomic E-state index is 13.0. The summed E-state index contributed by atoms with van der Waals surface area (Å²) in [6, 6.07) is 14.2. The molecule has 2 heterocycles. The van der Waals surface area contributed by atoms with Crippen LogP contribution in [-0.2, 0) is 24.2 Å². The topological polar surface area (TPSA) is 69.7 Å². The lowest BCUT2D eigenvalue weighted by atomic mass is 9.97. The van der Waals surface area contributed by atoms with Gasteiger partial charge in [-0.15, -0.1) is 10.2 Å². The van der Waals surface area contributed by atoms with E-state index in [1.165, 1.54) is 12.1 Å². The highest BCUT2D eigenvalue weighted by Crippen LogP contribution is 2.52. The molecule has 0 saturated carbocycles. The Hall–Kier alpha value is -2.61. The molecule has 0 aliphatic carbocycles. The van der Waals surface area contributed by atoms with E-state index in [0.717, 1.165) is 23.1 Å². The van der Waals surface area contributed by atoms with Crippen molar-refractivity contribution in [3.63, 3.8) is 0 Å². The Morgan fingerprint density at radius 2 is 1.24 bits per heavy atom. The fraction of sp³-hybridized carbons (Fsp3) is 0.429. The van der Waals surface area contributed by atoms with Crippen LogP contribution in [0.25, 0.3) is 0 Å². The summed E-state index contributed by atoms with van der Waals surface area (Å²) >= 11 is 0. The van der Waals surface area contributed by atoms with Gasteiger partial charge >= 0.3 is 11.8 Å². The van der Waals surface area contributed by atoms with Crippen molar-refractivity contribution in [3.05, 3.63) is 70.8 Å². The van der Waals surface area contributed by atoms with Crippen molar-refractivity contribution in [2.24, 2.45) is 20.5 Å². The lowest BCUT2D eigenvalue weighted by Gasteiger charge is -2.15. The smallest absolute Gasteiger partial charge is 0.393 e. The molecule has 1 atom stereocenters. The van der Waals surface area contributed by atoms with Crippen LogP contribution >= 0.6 is 0 Å². The molecule has 5 nitrogen and oxygen atoms in total. The minimum atomic E-state index is -4.51. The minimum absolute atomic E-state index is 0.0263. The van der Waals surface area contributed by atoms with Crippen LogP contribution in [0.2, 0.25) is 0 Å². The van der Waals surface area contributed by atoms with Gasteiger partial charge in [0, 0.05) is 11.1 Å². The van der Waals surface area contributed by atoms with E-state index >= 15 is 0 Å². The average molecular weight is 402 g/mol. The minimum Gasteiger partial charge on any atom is -0.393 e. The zero-order valence-corrected chi connectivity index (χ0v) is 15.9. The van der Waals surface area contributed by atoms with E-state index in [1.54, 1.807) is 12.1 Å². The maximum absolute atomic E-state index is 13.0. The molecule has 2 aromatic rings. The molecule has 1 N–H and O–H groups in total. The summed E-state index contributed by atoms with van der Waals surface area (Å²) in [6.07, 6.45) is -2.47. The predicted molar refractivity (Wildman–Crippen MR) is 100 cm³/mol. The summed E-state index contributed by atoms with van der Waals surface area (Å²) in [7, 11) is 0. The number of halogens is 3. The second-order valence-corrected chi connectivity index (χ2v) is 7.72. The third-order valence-electron chi connectivity index (χ3n) is 5.49. The molecule has 2 aliphatic heterocycles. The second kappa shape index (κ2) is 7.02. The molecular weight excluding hydrogens is 381 g/mol. The van der Waals surface area contributed by atoms with Crippen molar-refractivity contribution < 1.29 is 18.3 Å². The Morgan fingerprint density at radius 3 is 1.62 bits per heavy atom. The highest BCUT2D eigenvalue weighted by atomic mass is 19.4. The third kappa shape index (κ3) is 4.07. The van der Waals surface area contributed by atoms with E-state index in [9.17, 15) is 18.3 Å². The molecule has 8 heteroatoms. The van der Waals surface area contributed by atoms with Gasteiger partial charge in [0.25, 0.3) is 0 Å². The molecule has 2 aliphatic rings. The van der Waals surface area contributed by atoms with Gasteiger partial charge in [0.1, 0.15) is 0 Å². The van der Waals surface area contributed by atoms with Crippen LogP contribution in [0.1, 0.15) is 42.0 Å². The van der Waals surface area contributed by atoms with Gasteiger partial charge in [-0.1, -0.05) is 48.5 Å². The largest absolute Gasteiger partial charge is 0.442 e. The summed E-state index contributed by atoms with van der Waals surface area (Å²) in [5, 5.41) is 24.7. The first-order valence-corrected chi connectivity index (χ1v) is 9.54. The number of hydrogen-bond donors (Lipinski definition) is 1. The van der Waals surface area contributed by atoms with Crippen molar-refractivity contribution in [1.29, 1.82) is 0 Å². The van der Waals surface area contributed by atoms with Crippen LogP contribution in [0.3, 0.4) is 0 Å². The fourth-order valence-corrected chi connectivity index (χ4v) is 3.33. The van der Waals surface area contributed by atoms with Crippen LogP contribution in [0.15, 0.2) is 69.0 Å². The van der Waals surface area contributed by atoms with Crippen LogP contribution < -0.4 is 0 Å². The highest BCUT2D eigenvalue weighted by Gasteiger charge is 2.65. The zero-order valence-electron chi connectivity index (χ0n) is 15.9. The number of alkyl halides is 3. The summed E-state index contributed by atoms with van der Waals surface area (Å²) in [6.45, 7) is 1.95. The molecule has 0 spiro atoms. The normalized spacial score (nSPS) is 19.2. The van der Waals surface area contributed by atoms with Crippen molar-refractivity contribution in [3.8, 4) is 0 Å². The Labute approximate surface area is 166 Å². The number of aliphatic hydroxyl groups is 1. The average Bonchev–Trinajstić information content (AvgIpc) is 3.61. The van der Waals surface area contributed by atoms with Crippen LogP contribution in [0.4, 0.5) is 13.2 Å². The quantitative estimate of drug-likeness (QED) is 0.628. The van der Waals surface area contributed by atoms with E-state index in [2.05, 4.69) is 20.5 Å². The summed E-state index contributed by atoms with van der Waals surface area (Å²) in [5.41, 5.74) is 0.341. The van der Waals surface area contributed by atoms with E-state index in [4.69, 9.17) is 0 Å². The van der Waals surface area contributed by atoms with E-state index in [-0.39, 0.29) is 11.2 Å². The summed E-state index contributed by atoms with van der Waals surface area (Å²) < 4.78 is 39.0. The number of benzene rings is 2. The number of nitrogens with zero attached hydrogens (tertiary/aromatic N) is 4. The molecule has 0 fully saturated rings. The standard InChI is InChI=1S/C21H21F3N4O/c1-19(25-26-19)16-8-2-14(3-9-16)6-12-18(29)13-7-15-4-10-17(11-5-15)20(27-28-20)21(22,23)24/h2-5,8-11,18,29H,6-7,12-13H2,1H3. The number of rotatable bonds is 8. The Morgan fingerprint density at radius 1 is 0.793 bits per heavy atom. The van der Waals surface area contributed by atoms with Crippen molar-refractivity contribution in [1.82, 2.24) is 0 Å². The molecule has 152 valence electrons. The molecule has 0 radical (unpaired) electrons. The van der Waals surface area contributed by atoms with E-state index in [1.807, 2.05) is 31.2 Å². The van der Waals surface area contributed by atoms with Gasteiger partial charge in [-0.2, -0.15) is 23.4 Å². The first kappa shape index (κ1) is 19.7. The van der Waals surface area contributed by atoms with E-state index < -0.39 is 17.9 Å². The highest BCUT2D eigenvalue weighted by molar-refractivity contribution is 5.33. The lowest BCUT2D eigenvalue weighted by molar-refractivity contribution is -0.166. The molecule has 4 rings (SSSR count). The fourth-order valence-electron chi connectivity index (χ4n) is 3.33. The Kier molecular flexibility index (Phi) is 4.77. The van der Waals surface area contributed by atoms with Crippen LogP contribution in [0, 0.1) is 0 Å². The summed E-state index contributed by atoms with van der Waals surface area (Å²) in [4.78, 5) is 0. The predicted octanol–water partition coefficient (Wildman–Crippen LogP) is 5.43. The van der Waals surface area contributed by atoms with Gasteiger partial charge < -0.3 is 5.11 Å². The monoisotopic (exact) mass is 402 g/mol. The van der Waals surface area contributed by atoms with Gasteiger partial charge in [0.05, 0.1) is 6.10 Å². The zero-order chi connectivity index (χ0) is 20.7. The third-order valence-corrected chi connectivity index (χ3v) is 5.49. The van der Waals surface area contributed by atoms with Crippen molar-refractivity contribution in [2.45, 2.75) is 56.2 Å². The molecule has 0 saturated heterocycles. The van der Waals surface area contributed by atoms with Gasteiger partial charge in [-0.05, 0) is 43.7 Å². The molecule has 29 heavy (non-hydrogen) atoms. The molecule has 2 aromatic carbocycles. The lowest BCUT2D eigenvalue weighted by Crippen LogP contribution is -2.30. The SMILES string of the molecule is CC1(c2ccc(CCC(O)CCc3ccc(C4(C(F)(F)F)N=N4)cc3)cc2)N=N1. The number of hydrogen-bond acceptors (Lipinski definition) is 5. The molecule has 0 bridgehead atoms. The number of aliphatic hydroxyl groups excluding tert-OH is 1. The first-order valence-electron chi connectivity index (χ1n) is 9.54. The van der Waals surface area contributed by atoms with Crippen molar-refractivity contribution in [2.75, 3.05) is 0 Å². The Balaban J connectivity index is 1.24. The van der Waals surface area contributed by atoms with Gasteiger partial charge in [-0.3, -0.25) is 0 Å². The van der Waals surface area contributed by atoms with Crippen molar-refractivity contribution >= 4 is 0 Å².